The second kappa shape index (κ2) is 15.8. The summed E-state index contributed by atoms with van der Waals surface area (Å²) in [6, 6.07) is 13.3. The topological polar surface area (TPSA) is 68.5 Å². The van der Waals surface area contributed by atoms with Crippen molar-refractivity contribution in [1.29, 1.82) is 0 Å². The first-order valence-corrected chi connectivity index (χ1v) is 13.7. The van der Waals surface area contributed by atoms with Gasteiger partial charge in [-0.3, -0.25) is 9.59 Å². The van der Waals surface area contributed by atoms with Crippen LogP contribution >= 0.6 is 0 Å². The van der Waals surface area contributed by atoms with E-state index in [2.05, 4.69) is 18.5 Å². The molecule has 2 aromatic carbocycles. The number of carbonyl (C=O) groups is 1. The van der Waals surface area contributed by atoms with Gasteiger partial charge in [0.05, 0.1) is 12.0 Å². The van der Waals surface area contributed by atoms with E-state index in [-0.39, 0.29) is 11.3 Å². The molecule has 36 heavy (non-hydrogen) atoms. The number of ether oxygens (including phenoxy) is 1. The van der Waals surface area contributed by atoms with Crippen LogP contribution in [0.1, 0.15) is 101 Å². The van der Waals surface area contributed by atoms with E-state index in [1.165, 1.54) is 83.1 Å². The molecule has 0 fully saturated rings. The molecule has 1 aromatic heterocycles. The summed E-state index contributed by atoms with van der Waals surface area (Å²) in [5.74, 6) is 0.523. The lowest BCUT2D eigenvalue weighted by atomic mass is 10.0. The number of rotatable bonds is 17. The Morgan fingerprint density at radius 3 is 2.08 bits per heavy atom. The maximum Gasteiger partial charge on any atom is 0.255 e. The molecule has 0 aliphatic heterocycles. The Kier molecular flexibility index (Phi) is 12.1. The predicted octanol–water partition coefficient (Wildman–Crippen LogP) is 8.32. The fourth-order valence-corrected chi connectivity index (χ4v) is 4.33. The summed E-state index contributed by atoms with van der Waals surface area (Å²) in [4.78, 5) is 24.5. The summed E-state index contributed by atoms with van der Waals surface area (Å²) < 4.78 is 11.0. The standard InChI is InChI=1S/C31H40NO4/c1-2-3-4-5-6-7-8-9-10-11-12-13-14-22-35-27-18-15-25(16-19-27)31(34)32-26-17-20-30-28(24-26)29(33)21-23-36-30/h15-21,24H,2-14,22H2,1H3,(H,32,34). The molecule has 0 saturated heterocycles. The molecular formula is C31H40NO4. The van der Waals surface area contributed by atoms with Crippen LogP contribution in [0.25, 0.3) is 11.0 Å². The monoisotopic (exact) mass is 490 g/mol. The third-order valence-electron chi connectivity index (χ3n) is 6.49. The maximum absolute atomic E-state index is 12.6. The van der Waals surface area contributed by atoms with Gasteiger partial charge in [-0.2, -0.15) is 0 Å². The van der Waals surface area contributed by atoms with Crippen LogP contribution in [0.15, 0.2) is 57.7 Å². The van der Waals surface area contributed by atoms with Crippen LogP contribution in [0.3, 0.4) is 0 Å². The Balaban J connectivity index is 1.26. The van der Waals surface area contributed by atoms with Crippen molar-refractivity contribution >= 4 is 22.6 Å². The van der Waals surface area contributed by atoms with Crippen LogP contribution in [-0.2, 0) is 0 Å². The van der Waals surface area contributed by atoms with Gasteiger partial charge in [-0.15, -0.1) is 0 Å². The Hall–Kier alpha value is -3.08. The summed E-state index contributed by atoms with van der Waals surface area (Å²) in [5.41, 5.74) is 1.30. The van der Waals surface area contributed by atoms with Crippen LogP contribution in [0, 0.1) is 6.26 Å². The number of hydrogen-bond donors (Lipinski definition) is 1. The molecule has 0 spiro atoms. The lowest BCUT2D eigenvalue weighted by Crippen LogP contribution is -2.12. The first-order chi connectivity index (χ1) is 17.7. The van der Waals surface area contributed by atoms with E-state index in [0.29, 0.717) is 28.8 Å². The molecule has 1 N–H and O–H groups in total. The van der Waals surface area contributed by atoms with E-state index in [1.807, 2.05) is 12.1 Å². The predicted molar refractivity (Wildman–Crippen MR) is 147 cm³/mol. The first-order valence-electron chi connectivity index (χ1n) is 13.7. The molecule has 0 saturated carbocycles. The molecule has 0 aliphatic carbocycles. The second-order valence-corrected chi connectivity index (χ2v) is 9.51. The van der Waals surface area contributed by atoms with Crippen molar-refractivity contribution in [2.45, 2.75) is 90.4 Å². The third-order valence-corrected chi connectivity index (χ3v) is 6.49. The van der Waals surface area contributed by atoms with Crippen molar-refractivity contribution in [3.8, 4) is 5.75 Å². The molecule has 5 heteroatoms. The number of fused-ring (bicyclic) bond motifs is 1. The van der Waals surface area contributed by atoms with Gasteiger partial charge in [0.2, 0.25) is 0 Å². The number of hydrogen-bond acceptors (Lipinski definition) is 4. The maximum atomic E-state index is 12.6. The van der Waals surface area contributed by atoms with Gasteiger partial charge in [-0.25, -0.2) is 0 Å². The Labute approximate surface area is 215 Å². The molecule has 3 rings (SSSR count). The highest BCUT2D eigenvalue weighted by atomic mass is 16.5. The van der Waals surface area contributed by atoms with Crippen molar-refractivity contribution < 1.29 is 13.9 Å². The number of carbonyl (C=O) groups excluding carboxylic acids is 1. The Morgan fingerprint density at radius 2 is 1.44 bits per heavy atom. The van der Waals surface area contributed by atoms with Gasteiger partial charge in [0.1, 0.15) is 11.3 Å². The molecule has 5 nitrogen and oxygen atoms in total. The summed E-state index contributed by atoms with van der Waals surface area (Å²) >= 11 is 0. The SMILES string of the molecule is CCCCCCCCCCCCCCCOc1ccc(C(=O)Nc2ccc3o[c]cc(=O)c3c2)cc1. The molecule has 0 atom stereocenters. The Bertz CT molecular complexity index is 1100. The van der Waals surface area contributed by atoms with E-state index < -0.39 is 0 Å². The van der Waals surface area contributed by atoms with Gasteiger partial charge < -0.3 is 14.5 Å². The lowest BCUT2D eigenvalue weighted by Gasteiger charge is -2.09. The molecule has 0 aliphatic rings. The number of anilines is 1. The van der Waals surface area contributed by atoms with Gasteiger partial charge in [0.25, 0.3) is 5.91 Å². The zero-order valence-corrected chi connectivity index (χ0v) is 21.7. The lowest BCUT2D eigenvalue weighted by molar-refractivity contribution is 0.102. The third kappa shape index (κ3) is 9.52. The van der Waals surface area contributed by atoms with Crippen LogP contribution in [0.4, 0.5) is 5.69 Å². The molecule has 1 heterocycles. The second-order valence-electron chi connectivity index (χ2n) is 9.51. The highest BCUT2D eigenvalue weighted by Crippen LogP contribution is 2.19. The molecule has 193 valence electrons. The summed E-state index contributed by atoms with van der Waals surface area (Å²) in [7, 11) is 0. The number of unbranched alkanes of at least 4 members (excludes halogenated alkanes) is 12. The van der Waals surface area contributed by atoms with Crippen molar-refractivity contribution in [2.75, 3.05) is 11.9 Å². The molecular weight excluding hydrogens is 450 g/mol. The normalized spacial score (nSPS) is 11.0. The highest BCUT2D eigenvalue weighted by Gasteiger charge is 2.08. The van der Waals surface area contributed by atoms with Gasteiger partial charge in [0, 0.05) is 17.3 Å². The van der Waals surface area contributed by atoms with E-state index in [9.17, 15) is 9.59 Å². The quantitative estimate of drug-likeness (QED) is 0.193. The van der Waals surface area contributed by atoms with Crippen molar-refractivity contribution in [2.24, 2.45) is 0 Å². The minimum Gasteiger partial charge on any atom is -0.494 e. The average Bonchev–Trinajstić information content (AvgIpc) is 2.89. The zero-order valence-electron chi connectivity index (χ0n) is 21.7. The Morgan fingerprint density at radius 1 is 0.833 bits per heavy atom. The number of nitrogens with one attached hydrogen (secondary N) is 1. The summed E-state index contributed by atoms with van der Waals surface area (Å²) in [5, 5.41) is 3.23. The fraction of sp³-hybridized carbons (Fsp3) is 0.484. The van der Waals surface area contributed by atoms with Gasteiger partial charge in [-0.1, -0.05) is 84.0 Å². The molecule has 1 radical (unpaired) electrons. The first kappa shape index (κ1) is 27.5. The molecule has 1 amide bonds. The van der Waals surface area contributed by atoms with Crippen molar-refractivity contribution in [3.05, 3.63) is 70.6 Å². The smallest absolute Gasteiger partial charge is 0.255 e. The van der Waals surface area contributed by atoms with Crippen molar-refractivity contribution in [3.63, 3.8) is 0 Å². The van der Waals surface area contributed by atoms with E-state index in [4.69, 9.17) is 9.15 Å². The van der Waals surface area contributed by atoms with Crippen LogP contribution in [0.2, 0.25) is 0 Å². The minimum absolute atomic E-state index is 0.197. The van der Waals surface area contributed by atoms with Crippen LogP contribution in [0.5, 0.6) is 5.75 Å². The zero-order chi connectivity index (χ0) is 25.4. The summed E-state index contributed by atoms with van der Waals surface area (Å²) in [6.45, 7) is 2.96. The highest BCUT2D eigenvalue weighted by molar-refractivity contribution is 6.05. The fourth-order valence-electron chi connectivity index (χ4n) is 4.33. The molecule has 3 aromatic rings. The number of benzene rings is 2. The van der Waals surface area contributed by atoms with Crippen LogP contribution < -0.4 is 15.5 Å². The van der Waals surface area contributed by atoms with Gasteiger partial charge >= 0.3 is 0 Å². The molecule has 0 unspecified atom stereocenters. The van der Waals surface area contributed by atoms with Crippen molar-refractivity contribution in [1.82, 2.24) is 0 Å². The number of amides is 1. The largest absolute Gasteiger partial charge is 0.494 e. The van der Waals surface area contributed by atoms with Crippen LogP contribution in [-0.4, -0.2) is 12.5 Å². The van der Waals surface area contributed by atoms with Gasteiger partial charge in [0.15, 0.2) is 11.7 Å². The summed E-state index contributed by atoms with van der Waals surface area (Å²) in [6.07, 6.45) is 19.7. The van der Waals surface area contributed by atoms with E-state index >= 15 is 0 Å². The van der Waals surface area contributed by atoms with E-state index in [0.717, 1.165) is 12.2 Å². The van der Waals surface area contributed by atoms with E-state index in [1.54, 1.807) is 30.3 Å². The molecule has 0 bridgehead atoms. The van der Waals surface area contributed by atoms with Gasteiger partial charge in [-0.05, 0) is 48.9 Å². The average molecular weight is 491 g/mol. The minimum atomic E-state index is -0.246.